The van der Waals surface area contributed by atoms with Gasteiger partial charge in [0.05, 0.1) is 10.5 Å². The Bertz CT molecular complexity index is 1500. The Morgan fingerprint density at radius 1 is 0.868 bits per heavy atom. The number of carboxylic acid groups (broad SMARTS) is 1. The first-order chi connectivity index (χ1) is 18.2. The summed E-state index contributed by atoms with van der Waals surface area (Å²) in [5.41, 5.74) is 2.01. The van der Waals surface area contributed by atoms with Crippen LogP contribution in [0.2, 0.25) is 5.02 Å². The summed E-state index contributed by atoms with van der Waals surface area (Å²) in [6.45, 7) is 0.263. The van der Waals surface area contributed by atoms with Crippen molar-refractivity contribution in [3.63, 3.8) is 0 Å². The van der Waals surface area contributed by atoms with Crippen molar-refractivity contribution in [3.05, 3.63) is 131 Å². The monoisotopic (exact) mass is 549 g/mol. The Balaban J connectivity index is 1.70. The zero-order valence-electron chi connectivity index (χ0n) is 20.1. The fourth-order valence-electron chi connectivity index (χ4n) is 3.82. The van der Waals surface area contributed by atoms with Crippen molar-refractivity contribution in [2.24, 2.45) is 0 Å². The molecule has 0 aliphatic heterocycles. The van der Waals surface area contributed by atoms with E-state index in [0.29, 0.717) is 16.1 Å². The number of carbonyl (C=O) groups is 2. The molecule has 0 radical (unpaired) electrons. The van der Waals surface area contributed by atoms with E-state index in [1.54, 1.807) is 60.9 Å². The Hall–Kier alpha value is -4.05. The molecule has 0 fully saturated rings. The van der Waals surface area contributed by atoms with Crippen molar-refractivity contribution in [2.45, 2.75) is 24.0 Å². The molecular formula is C28H24ClN3O5S. The number of nitrogens with zero attached hydrogens (tertiary/aromatic N) is 2. The van der Waals surface area contributed by atoms with Gasteiger partial charge in [-0.15, -0.1) is 0 Å². The van der Waals surface area contributed by atoms with Crippen molar-refractivity contribution in [1.29, 1.82) is 0 Å². The van der Waals surface area contributed by atoms with E-state index in [-0.39, 0.29) is 23.5 Å². The summed E-state index contributed by atoms with van der Waals surface area (Å²) in [5, 5.41) is 9.60. The smallest absolute Gasteiger partial charge is 0.335 e. The molecule has 1 amide bonds. The van der Waals surface area contributed by atoms with E-state index >= 15 is 0 Å². The Morgan fingerprint density at radius 3 is 2.13 bits per heavy atom. The van der Waals surface area contributed by atoms with E-state index in [1.165, 1.54) is 41.3 Å². The van der Waals surface area contributed by atoms with Gasteiger partial charge in [-0.2, -0.15) is 4.72 Å². The van der Waals surface area contributed by atoms with Crippen LogP contribution < -0.4 is 4.72 Å². The van der Waals surface area contributed by atoms with Gasteiger partial charge in [-0.1, -0.05) is 60.1 Å². The van der Waals surface area contributed by atoms with Crippen LogP contribution in [0.3, 0.4) is 0 Å². The molecule has 1 heterocycles. The van der Waals surface area contributed by atoms with Crippen molar-refractivity contribution < 1.29 is 23.1 Å². The SMILES string of the molecule is O=C(O)c1ccc(CN(Cc2cccnc2)C(=O)C(NS(=O)(=O)c2ccc(Cl)cc2)c2ccccc2)cc1. The largest absolute Gasteiger partial charge is 0.478 e. The number of nitrogens with one attached hydrogen (secondary N) is 1. The maximum atomic E-state index is 14.1. The first-order valence-corrected chi connectivity index (χ1v) is 13.4. The third-order valence-electron chi connectivity index (χ3n) is 5.76. The fourth-order valence-corrected chi connectivity index (χ4v) is 5.13. The van der Waals surface area contributed by atoms with Crippen LogP contribution in [-0.4, -0.2) is 35.3 Å². The van der Waals surface area contributed by atoms with E-state index < -0.39 is 27.9 Å². The molecule has 1 unspecified atom stereocenters. The molecule has 1 aromatic heterocycles. The van der Waals surface area contributed by atoms with Crippen LogP contribution in [-0.2, 0) is 27.9 Å². The molecular weight excluding hydrogens is 526 g/mol. The standard InChI is InChI=1S/C28H24ClN3O5S/c29-24-12-14-25(15-13-24)38(36,37)31-26(22-6-2-1-3-7-22)27(33)32(19-21-5-4-16-30-17-21)18-20-8-10-23(11-9-20)28(34)35/h1-17,26,31H,18-19H2,(H,34,35). The molecule has 194 valence electrons. The van der Waals surface area contributed by atoms with Crippen LogP contribution in [0.4, 0.5) is 0 Å². The van der Waals surface area contributed by atoms with Crippen molar-refractivity contribution in [2.75, 3.05) is 0 Å². The molecule has 10 heteroatoms. The highest BCUT2D eigenvalue weighted by Gasteiger charge is 2.31. The highest BCUT2D eigenvalue weighted by atomic mass is 35.5. The second kappa shape index (κ2) is 12.0. The number of aromatic carboxylic acids is 1. The molecule has 1 atom stereocenters. The van der Waals surface area contributed by atoms with E-state index in [4.69, 9.17) is 11.6 Å². The first kappa shape index (κ1) is 27.0. The van der Waals surface area contributed by atoms with Crippen molar-refractivity contribution in [3.8, 4) is 0 Å². The molecule has 2 N–H and O–H groups in total. The van der Waals surface area contributed by atoms with E-state index in [9.17, 15) is 23.1 Å². The Labute approximate surface area is 225 Å². The number of pyridine rings is 1. The summed E-state index contributed by atoms with van der Waals surface area (Å²) >= 11 is 5.92. The third kappa shape index (κ3) is 6.83. The lowest BCUT2D eigenvalue weighted by Gasteiger charge is -2.28. The molecule has 0 saturated carbocycles. The van der Waals surface area contributed by atoms with Gasteiger partial charge in [-0.05, 0) is 59.2 Å². The maximum absolute atomic E-state index is 14.1. The highest BCUT2D eigenvalue weighted by Crippen LogP contribution is 2.23. The number of benzene rings is 3. The van der Waals surface area contributed by atoms with Crippen molar-refractivity contribution in [1.82, 2.24) is 14.6 Å². The van der Waals surface area contributed by atoms with Crippen LogP contribution in [0.5, 0.6) is 0 Å². The zero-order chi connectivity index (χ0) is 27.1. The van der Waals surface area contributed by atoms with Crippen molar-refractivity contribution >= 4 is 33.5 Å². The van der Waals surface area contributed by atoms with Gasteiger partial charge in [-0.25, -0.2) is 13.2 Å². The molecule has 0 spiro atoms. The second-order valence-electron chi connectivity index (χ2n) is 8.48. The first-order valence-electron chi connectivity index (χ1n) is 11.6. The number of halogens is 1. The lowest BCUT2D eigenvalue weighted by atomic mass is 10.1. The predicted octanol–water partition coefficient (Wildman–Crippen LogP) is 4.68. The summed E-state index contributed by atoms with van der Waals surface area (Å²) in [7, 11) is -4.10. The number of hydrogen-bond donors (Lipinski definition) is 2. The molecule has 0 aliphatic carbocycles. The second-order valence-corrected chi connectivity index (χ2v) is 10.6. The van der Waals surface area contributed by atoms with Crippen LogP contribution in [0.25, 0.3) is 0 Å². The van der Waals surface area contributed by atoms with Gasteiger partial charge in [0.15, 0.2) is 0 Å². The van der Waals surface area contributed by atoms with Gasteiger partial charge in [0.2, 0.25) is 15.9 Å². The fraction of sp³-hybridized carbons (Fsp3) is 0.107. The molecule has 4 rings (SSSR count). The molecule has 4 aromatic rings. The number of carboxylic acids is 1. The maximum Gasteiger partial charge on any atom is 0.335 e. The van der Waals surface area contributed by atoms with Gasteiger partial charge >= 0.3 is 5.97 Å². The lowest BCUT2D eigenvalue weighted by molar-refractivity contribution is -0.134. The van der Waals surface area contributed by atoms with E-state index in [0.717, 1.165) is 5.56 Å². The zero-order valence-corrected chi connectivity index (χ0v) is 21.6. The minimum atomic E-state index is -4.10. The van der Waals surface area contributed by atoms with Crippen LogP contribution >= 0.6 is 11.6 Å². The van der Waals surface area contributed by atoms with E-state index in [1.807, 2.05) is 6.07 Å². The molecule has 38 heavy (non-hydrogen) atoms. The number of carbonyl (C=O) groups excluding carboxylic acids is 1. The van der Waals surface area contributed by atoms with Crippen LogP contribution in [0, 0.1) is 0 Å². The Kier molecular flexibility index (Phi) is 8.52. The summed E-state index contributed by atoms with van der Waals surface area (Å²) in [6, 6.07) is 22.8. The predicted molar refractivity (Wildman–Crippen MR) is 143 cm³/mol. The lowest BCUT2D eigenvalue weighted by Crippen LogP contribution is -2.42. The van der Waals surface area contributed by atoms with Gasteiger partial charge in [0, 0.05) is 30.5 Å². The van der Waals surface area contributed by atoms with Gasteiger partial charge in [0.25, 0.3) is 0 Å². The summed E-state index contributed by atoms with van der Waals surface area (Å²) in [6.07, 6.45) is 3.25. The van der Waals surface area contributed by atoms with Gasteiger partial charge in [-0.3, -0.25) is 9.78 Å². The highest BCUT2D eigenvalue weighted by molar-refractivity contribution is 7.89. The third-order valence-corrected chi connectivity index (χ3v) is 7.45. The Morgan fingerprint density at radius 2 is 1.53 bits per heavy atom. The van der Waals surface area contributed by atoms with Gasteiger partial charge < -0.3 is 10.0 Å². The number of sulfonamides is 1. The van der Waals surface area contributed by atoms with Crippen LogP contribution in [0.1, 0.15) is 33.1 Å². The normalized spacial score (nSPS) is 12.0. The topological polar surface area (TPSA) is 117 Å². The quantitative estimate of drug-likeness (QED) is 0.296. The van der Waals surface area contributed by atoms with Gasteiger partial charge in [0.1, 0.15) is 6.04 Å². The number of hydrogen-bond acceptors (Lipinski definition) is 5. The summed E-state index contributed by atoms with van der Waals surface area (Å²) in [4.78, 5) is 30.9. The number of aromatic nitrogens is 1. The molecule has 0 bridgehead atoms. The van der Waals surface area contributed by atoms with E-state index in [2.05, 4.69) is 9.71 Å². The summed E-state index contributed by atoms with van der Waals surface area (Å²) < 4.78 is 29.1. The average Bonchev–Trinajstić information content (AvgIpc) is 2.92. The molecule has 0 aliphatic rings. The number of amides is 1. The summed E-state index contributed by atoms with van der Waals surface area (Å²) in [5.74, 6) is -1.54. The number of rotatable bonds is 10. The molecule has 8 nitrogen and oxygen atoms in total. The molecule has 0 saturated heterocycles. The minimum absolute atomic E-state index is 0.0290. The van der Waals surface area contributed by atoms with Crippen LogP contribution in [0.15, 0.2) is 108 Å². The minimum Gasteiger partial charge on any atom is -0.478 e. The average molecular weight is 550 g/mol. The molecule has 3 aromatic carbocycles.